The Hall–Kier alpha value is -0.770. The third kappa shape index (κ3) is 2.17. The second-order valence-corrected chi connectivity index (χ2v) is 4.59. The van der Waals surface area contributed by atoms with E-state index in [0.717, 1.165) is 6.42 Å². The van der Waals surface area contributed by atoms with Gasteiger partial charge in [-0.15, -0.1) is 0 Å². The lowest BCUT2D eigenvalue weighted by Gasteiger charge is -2.09. The molecule has 0 aromatic heterocycles. The van der Waals surface area contributed by atoms with Gasteiger partial charge in [-0.25, -0.2) is 0 Å². The lowest BCUT2D eigenvalue weighted by Crippen LogP contribution is -2.14. The molecule has 1 aliphatic heterocycles. The Balaban J connectivity index is 2.29. The smallest absolute Gasteiger partial charge is 0.168 e. The van der Waals surface area contributed by atoms with E-state index in [1.54, 1.807) is 12.1 Å². The molecule has 0 amide bonds. The van der Waals surface area contributed by atoms with Gasteiger partial charge in [-0.05, 0) is 18.6 Å². The first-order valence-corrected chi connectivity index (χ1v) is 5.71. The number of hydrogen-bond donors (Lipinski definition) is 1. The molecule has 16 heavy (non-hydrogen) atoms. The van der Waals surface area contributed by atoms with E-state index in [0.29, 0.717) is 34.5 Å². The van der Waals surface area contributed by atoms with Gasteiger partial charge in [0.05, 0.1) is 22.3 Å². The van der Waals surface area contributed by atoms with Crippen LogP contribution in [0.5, 0.6) is 0 Å². The van der Waals surface area contributed by atoms with Gasteiger partial charge in [0.15, 0.2) is 5.78 Å². The topological polar surface area (TPSA) is 52.3 Å². The molecule has 3 nitrogen and oxygen atoms in total. The average Bonchev–Trinajstić information content (AvgIpc) is 2.77. The summed E-state index contributed by atoms with van der Waals surface area (Å²) in [7, 11) is 0. The first-order valence-electron chi connectivity index (χ1n) is 4.96. The highest BCUT2D eigenvalue weighted by molar-refractivity contribution is 6.39. The van der Waals surface area contributed by atoms with Crippen molar-refractivity contribution in [1.82, 2.24) is 0 Å². The summed E-state index contributed by atoms with van der Waals surface area (Å²) in [6.45, 7) is 1.10. The summed E-state index contributed by atoms with van der Waals surface area (Å²) in [6, 6.07) is 3.12. The molecule has 2 N–H and O–H groups in total. The number of nitrogens with two attached hydrogens (primary N) is 1. The maximum absolute atomic E-state index is 12.0. The van der Waals surface area contributed by atoms with Gasteiger partial charge in [0.25, 0.3) is 0 Å². The Morgan fingerprint density at radius 1 is 1.38 bits per heavy atom. The molecule has 5 heteroatoms. The van der Waals surface area contributed by atoms with Gasteiger partial charge in [0.2, 0.25) is 0 Å². The largest absolute Gasteiger partial charge is 0.396 e. The number of rotatable bonds is 2. The monoisotopic (exact) mass is 259 g/mol. The summed E-state index contributed by atoms with van der Waals surface area (Å²) in [6.07, 6.45) is 0.748. The lowest BCUT2D eigenvalue weighted by molar-refractivity contribution is 0.0900. The molecule has 1 heterocycles. The quantitative estimate of drug-likeness (QED) is 0.657. The lowest BCUT2D eigenvalue weighted by atomic mass is 9.97. The Labute approximate surface area is 103 Å². The molecule has 2 rings (SSSR count). The van der Waals surface area contributed by atoms with Crippen LogP contribution in [0.2, 0.25) is 10.0 Å². The number of ether oxygens (including phenoxy) is 1. The van der Waals surface area contributed by atoms with Gasteiger partial charge in [-0.2, -0.15) is 0 Å². The van der Waals surface area contributed by atoms with E-state index < -0.39 is 0 Å². The molecular weight excluding hydrogens is 249 g/mol. The predicted molar refractivity (Wildman–Crippen MR) is 64.1 cm³/mol. The summed E-state index contributed by atoms with van der Waals surface area (Å²) >= 11 is 11.8. The maximum Gasteiger partial charge on any atom is 0.168 e. The molecule has 1 saturated heterocycles. The molecule has 1 aromatic rings. The van der Waals surface area contributed by atoms with Crippen molar-refractivity contribution < 1.29 is 9.53 Å². The summed E-state index contributed by atoms with van der Waals surface area (Å²) in [5.41, 5.74) is 6.41. The van der Waals surface area contributed by atoms with E-state index in [9.17, 15) is 4.79 Å². The van der Waals surface area contributed by atoms with Crippen molar-refractivity contribution in [3.63, 3.8) is 0 Å². The van der Waals surface area contributed by atoms with Gasteiger partial charge in [0.1, 0.15) is 0 Å². The molecule has 86 valence electrons. The third-order valence-corrected chi connectivity index (χ3v) is 3.29. The molecule has 0 aliphatic carbocycles. The fourth-order valence-corrected chi connectivity index (χ4v) is 2.19. The van der Waals surface area contributed by atoms with E-state index in [2.05, 4.69) is 0 Å². The van der Waals surface area contributed by atoms with Crippen molar-refractivity contribution in [3.8, 4) is 0 Å². The second-order valence-electron chi connectivity index (χ2n) is 3.78. The normalized spacial score (nSPS) is 20.0. The van der Waals surface area contributed by atoms with Crippen LogP contribution in [0.1, 0.15) is 16.8 Å². The fraction of sp³-hybridized carbons (Fsp3) is 0.364. The van der Waals surface area contributed by atoms with Crippen molar-refractivity contribution in [1.29, 1.82) is 0 Å². The molecule has 0 saturated carbocycles. The van der Waals surface area contributed by atoms with Gasteiger partial charge < -0.3 is 10.5 Å². The number of halogens is 2. The fourth-order valence-electron chi connectivity index (χ4n) is 1.70. The minimum atomic E-state index is -0.0873. The van der Waals surface area contributed by atoms with Gasteiger partial charge in [-0.1, -0.05) is 23.2 Å². The third-order valence-electron chi connectivity index (χ3n) is 2.66. The Kier molecular flexibility index (Phi) is 3.38. The zero-order valence-corrected chi connectivity index (χ0v) is 10.0. The number of carbonyl (C=O) groups is 1. The molecular formula is C11H11Cl2NO2. The summed E-state index contributed by atoms with van der Waals surface area (Å²) in [5, 5.41) is 0.629. The highest BCUT2D eigenvalue weighted by Gasteiger charge is 2.25. The van der Waals surface area contributed by atoms with Crippen LogP contribution in [0.25, 0.3) is 0 Å². The van der Waals surface area contributed by atoms with Crippen LogP contribution in [-0.4, -0.2) is 19.0 Å². The molecule has 1 aliphatic rings. The van der Waals surface area contributed by atoms with Gasteiger partial charge in [0, 0.05) is 18.1 Å². The summed E-state index contributed by atoms with van der Waals surface area (Å²) in [4.78, 5) is 12.0. The molecule has 1 fully saturated rings. The number of carbonyl (C=O) groups excluding carboxylic acids is 1. The number of ketones is 1. The molecule has 1 atom stereocenters. The first-order chi connectivity index (χ1) is 7.59. The Morgan fingerprint density at radius 3 is 2.50 bits per heavy atom. The standard InChI is InChI=1S/C11H11Cl2NO2/c12-8-3-7(4-9(13)10(8)14)11(15)6-1-2-16-5-6/h3-4,6H,1-2,5,14H2. The highest BCUT2D eigenvalue weighted by Crippen LogP contribution is 2.30. The van der Waals surface area contributed by atoms with E-state index in [-0.39, 0.29) is 11.7 Å². The molecule has 0 bridgehead atoms. The molecule has 1 aromatic carbocycles. The van der Waals surface area contributed by atoms with Crippen LogP contribution >= 0.6 is 23.2 Å². The number of benzene rings is 1. The van der Waals surface area contributed by atoms with Crippen molar-refractivity contribution in [2.45, 2.75) is 6.42 Å². The van der Waals surface area contributed by atoms with Crippen LogP contribution in [-0.2, 0) is 4.74 Å². The van der Waals surface area contributed by atoms with Crippen LogP contribution in [0.15, 0.2) is 12.1 Å². The Morgan fingerprint density at radius 2 is 2.00 bits per heavy atom. The number of hydrogen-bond acceptors (Lipinski definition) is 3. The van der Waals surface area contributed by atoms with Crippen molar-refractivity contribution in [2.24, 2.45) is 5.92 Å². The SMILES string of the molecule is Nc1c(Cl)cc(C(=O)C2CCOC2)cc1Cl. The summed E-state index contributed by atoms with van der Waals surface area (Å²) in [5.74, 6) is -0.0722. The molecule has 0 spiro atoms. The van der Waals surface area contributed by atoms with Crippen molar-refractivity contribution in [3.05, 3.63) is 27.7 Å². The minimum Gasteiger partial charge on any atom is -0.396 e. The van der Waals surface area contributed by atoms with Gasteiger partial charge >= 0.3 is 0 Å². The van der Waals surface area contributed by atoms with E-state index in [4.69, 9.17) is 33.7 Å². The zero-order valence-electron chi connectivity index (χ0n) is 8.50. The van der Waals surface area contributed by atoms with Crippen molar-refractivity contribution >= 4 is 34.7 Å². The molecule has 0 radical (unpaired) electrons. The van der Waals surface area contributed by atoms with E-state index in [1.165, 1.54) is 0 Å². The predicted octanol–water partition coefficient (Wildman–Crippen LogP) is 2.79. The van der Waals surface area contributed by atoms with E-state index >= 15 is 0 Å². The van der Waals surface area contributed by atoms with Crippen LogP contribution in [0.4, 0.5) is 5.69 Å². The highest BCUT2D eigenvalue weighted by atomic mass is 35.5. The number of Topliss-reactive ketones (excluding diaryl/α,β-unsaturated/α-hetero) is 1. The van der Waals surface area contributed by atoms with Crippen LogP contribution in [0, 0.1) is 5.92 Å². The first kappa shape index (κ1) is 11.7. The van der Waals surface area contributed by atoms with Crippen LogP contribution in [0.3, 0.4) is 0 Å². The number of anilines is 1. The average molecular weight is 260 g/mol. The zero-order chi connectivity index (χ0) is 11.7. The second kappa shape index (κ2) is 4.62. The minimum absolute atomic E-state index is 0.0151. The molecule has 1 unspecified atom stereocenters. The van der Waals surface area contributed by atoms with Crippen molar-refractivity contribution in [2.75, 3.05) is 18.9 Å². The van der Waals surface area contributed by atoms with Gasteiger partial charge in [-0.3, -0.25) is 4.79 Å². The number of nitrogen functional groups attached to an aromatic ring is 1. The maximum atomic E-state index is 12.0. The van der Waals surface area contributed by atoms with Crippen LogP contribution < -0.4 is 5.73 Å². The Bertz CT molecular complexity index is 405. The summed E-state index contributed by atoms with van der Waals surface area (Å²) < 4.78 is 5.17. The van der Waals surface area contributed by atoms with E-state index in [1.807, 2.05) is 0 Å².